The van der Waals surface area contributed by atoms with Gasteiger partial charge < -0.3 is 20.3 Å². The van der Waals surface area contributed by atoms with Crippen LogP contribution >= 0.6 is 23.6 Å². The molecule has 2 N–H and O–H groups in total. The summed E-state index contributed by atoms with van der Waals surface area (Å²) in [5.74, 6) is -0.618. The number of ether oxygens (including phenoxy) is 1. The molecule has 1 amide bonds. The van der Waals surface area contributed by atoms with Crippen LogP contribution in [-0.2, 0) is 4.74 Å². The number of methoxy groups -OCH3 is 1. The molecular formula is C19H29N3O3S2. The van der Waals surface area contributed by atoms with Crippen LogP contribution in [0.3, 0.4) is 0 Å². The first kappa shape index (κ1) is 21.6. The standard InChI is InChI=1S/C19H29N3O3S2/c1-12-14(18(24)25-4)16(27-15(12)17(23)22(2)3)21-19(26)20-13-10-8-6-5-7-9-11-13/h13H,5-11H2,1-4H3,(H2,20,21,26). The van der Waals surface area contributed by atoms with Gasteiger partial charge in [0.1, 0.15) is 5.00 Å². The molecule has 1 heterocycles. The Morgan fingerprint density at radius 2 is 1.74 bits per heavy atom. The Morgan fingerprint density at radius 3 is 2.30 bits per heavy atom. The Balaban J connectivity index is 2.18. The van der Waals surface area contributed by atoms with Gasteiger partial charge in [-0.2, -0.15) is 0 Å². The van der Waals surface area contributed by atoms with Gasteiger partial charge in [-0.05, 0) is 37.5 Å². The van der Waals surface area contributed by atoms with E-state index in [1.165, 1.54) is 55.5 Å². The van der Waals surface area contributed by atoms with E-state index < -0.39 is 5.97 Å². The molecule has 2 rings (SSSR count). The number of hydrogen-bond donors (Lipinski definition) is 2. The Morgan fingerprint density at radius 1 is 1.15 bits per heavy atom. The normalized spacial score (nSPS) is 15.4. The van der Waals surface area contributed by atoms with Crippen molar-refractivity contribution in [3.05, 3.63) is 16.0 Å². The minimum atomic E-state index is -0.474. The fourth-order valence-electron chi connectivity index (χ4n) is 3.28. The van der Waals surface area contributed by atoms with Crippen LogP contribution in [0.4, 0.5) is 5.00 Å². The first-order valence-electron chi connectivity index (χ1n) is 9.36. The lowest BCUT2D eigenvalue weighted by Gasteiger charge is -2.22. The SMILES string of the molecule is COC(=O)c1c(NC(=S)NC2CCCCCCC2)sc(C(=O)N(C)C)c1C. The summed E-state index contributed by atoms with van der Waals surface area (Å²) < 4.78 is 4.91. The molecule has 1 fully saturated rings. The van der Waals surface area contributed by atoms with E-state index in [4.69, 9.17) is 17.0 Å². The van der Waals surface area contributed by atoms with Crippen LogP contribution in [0.2, 0.25) is 0 Å². The Hall–Kier alpha value is -1.67. The highest BCUT2D eigenvalue weighted by Crippen LogP contribution is 2.34. The van der Waals surface area contributed by atoms with Gasteiger partial charge in [0, 0.05) is 20.1 Å². The molecule has 1 aromatic heterocycles. The number of carbonyl (C=O) groups excluding carboxylic acids is 2. The summed E-state index contributed by atoms with van der Waals surface area (Å²) in [5.41, 5.74) is 0.983. The van der Waals surface area contributed by atoms with Crippen molar-refractivity contribution in [2.45, 2.75) is 57.9 Å². The van der Waals surface area contributed by atoms with Gasteiger partial charge >= 0.3 is 5.97 Å². The van der Waals surface area contributed by atoms with Gasteiger partial charge in [0.05, 0.1) is 17.6 Å². The summed E-state index contributed by atoms with van der Waals surface area (Å²) in [6, 6.07) is 0.343. The van der Waals surface area contributed by atoms with Gasteiger partial charge in [-0.1, -0.05) is 32.1 Å². The molecular weight excluding hydrogens is 382 g/mol. The summed E-state index contributed by atoms with van der Waals surface area (Å²) in [6.07, 6.45) is 8.45. The van der Waals surface area contributed by atoms with E-state index in [2.05, 4.69) is 10.6 Å². The van der Waals surface area contributed by atoms with Gasteiger partial charge in [0.25, 0.3) is 5.91 Å². The number of amides is 1. The Labute approximate surface area is 170 Å². The average molecular weight is 412 g/mol. The minimum Gasteiger partial charge on any atom is -0.465 e. The predicted molar refractivity (Wildman–Crippen MR) is 114 cm³/mol. The zero-order valence-corrected chi connectivity index (χ0v) is 18.1. The molecule has 1 aliphatic carbocycles. The second-order valence-electron chi connectivity index (χ2n) is 7.09. The molecule has 0 aliphatic heterocycles. The maximum atomic E-state index is 12.4. The third-order valence-corrected chi connectivity index (χ3v) is 6.22. The smallest absolute Gasteiger partial charge is 0.341 e. The van der Waals surface area contributed by atoms with Crippen LogP contribution in [0.1, 0.15) is 70.5 Å². The van der Waals surface area contributed by atoms with Gasteiger partial charge in [-0.15, -0.1) is 11.3 Å². The van der Waals surface area contributed by atoms with Gasteiger partial charge in [-0.3, -0.25) is 4.79 Å². The van der Waals surface area contributed by atoms with Crippen LogP contribution in [0, 0.1) is 6.92 Å². The van der Waals surface area contributed by atoms with Crippen LogP contribution in [0.15, 0.2) is 0 Å². The van der Waals surface area contributed by atoms with Crippen molar-refractivity contribution in [3.63, 3.8) is 0 Å². The highest BCUT2D eigenvalue weighted by molar-refractivity contribution is 7.80. The zero-order valence-electron chi connectivity index (χ0n) is 16.5. The molecule has 0 saturated heterocycles. The topological polar surface area (TPSA) is 70.7 Å². The molecule has 0 radical (unpaired) electrons. The maximum absolute atomic E-state index is 12.4. The van der Waals surface area contributed by atoms with Crippen molar-refractivity contribution in [2.75, 3.05) is 26.5 Å². The van der Waals surface area contributed by atoms with Crippen molar-refractivity contribution in [3.8, 4) is 0 Å². The predicted octanol–water partition coefficient (Wildman–Crippen LogP) is 3.94. The van der Waals surface area contributed by atoms with E-state index in [0.717, 1.165) is 12.8 Å². The lowest BCUT2D eigenvalue weighted by atomic mass is 9.97. The van der Waals surface area contributed by atoms with E-state index in [1.54, 1.807) is 21.0 Å². The number of rotatable bonds is 4. The third-order valence-electron chi connectivity index (χ3n) is 4.80. The second-order valence-corrected chi connectivity index (χ2v) is 8.52. The lowest BCUT2D eigenvalue weighted by molar-refractivity contribution is 0.0601. The number of carbonyl (C=O) groups is 2. The number of nitrogens with zero attached hydrogens (tertiary/aromatic N) is 1. The molecule has 27 heavy (non-hydrogen) atoms. The molecule has 150 valence electrons. The number of thiophene rings is 1. The van der Waals surface area contributed by atoms with Gasteiger partial charge in [0.2, 0.25) is 0 Å². The van der Waals surface area contributed by atoms with Crippen LogP contribution in [0.5, 0.6) is 0 Å². The lowest BCUT2D eigenvalue weighted by Crippen LogP contribution is -2.38. The molecule has 0 aromatic carbocycles. The van der Waals surface area contributed by atoms with E-state index >= 15 is 0 Å². The minimum absolute atomic E-state index is 0.144. The largest absolute Gasteiger partial charge is 0.465 e. The Bertz CT molecular complexity index is 693. The summed E-state index contributed by atoms with van der Waals surface area (Å²) in [7, 11) is 4.71. The zero-order chi connectivity index (χ0) is 20.0. The van der Waals surface area contributed by atoms with Crippen LogP contribution < -0.4 is 10.6 Å². The van der Waals surface area contributed by atoms with Crippen LogP contribution in [0.25, 0.3) is 0 Å². The molecule has 1 aliphatic rings. The maximum Gasteiger partial charge on any atom is 0.341 e. The van der Waals surface area contributed by atoms with E-state index in [-0.39, 0.29) is 5.91 Å². The average Bonchev–Trinajstić information content (AvgIpc) is 2.91. The molecule has 8 heteroatoms. The number of esters is 1. The van der Waals surface area contributed by atoms with Gasteiger partial charge in [-0.25, -0.2) is 4.79 Å². The highest BCUT2D eigenvalue weighted by atomic mass is 32.1. The fraction of sp³-hybridized carbons (Fsp3) is 0.632. The summed E-state index contributed by atoms with van der Waals surface area (Å²) in [4.78, 5) is 26.7. The Kier molecular flexibility index (Phi) is 8.04. The van der Waals surface area contributed by atoms with E-state index in [9.17, 15) is 9.59 Å². The third kappa shape index (κ3) is 5.65. The van der Waals surface area contributed by atoms with E-state index in [0.29, 0.717) is 32.2 Å². The molecule has 0 unspecified atom stereocenters. The van der Waals surface area contributed by atoms with Crippen molar-refractivity contribution in [1.82, 2.24) is 10.2 Å². The molecule has 0 spiro atoms. The first-order chi connectivity index (χ1) is 12.8. The fourth-order valence-corrected chi connectivity index (χ4v) is 4.84. The highest BCUT2D eigenvalue weighted by Gasteiger charge is 2.26. The number of thiocarbonyl (C=S) groups is 1. The molecule has 1 saturated carbocycles. The van der Waals surface area contributed by atoms with Crippen LogP contribution in [-0.4, -0.2) is 49.1 Å². The summed E-state index contributed by atoms with van der Waals surface area (Å²) in [5, 5.41) is 7.54. The monoisotopic (exact) mass is 411 g/mol. The molecule has 0 bridgehead atoms. The van der Waals surface area contributed by atoms with E-state index in [1.807, 2.05) is 0 Å². The van der Waals surface area contributed by atoms with Crippen molar-refractivity contribution >= 4 is 45.5 Å². The van der Waals surface area contributed by atoms with Crippen molar-refractivity contribution in [1.29, 1.82) is 0 Å². The number of nitrogens with one attached hydrogen (secondary N) is 2. The van der Waals surface area contributed by atoms with Crippen molar-refractivity contribution < 1.29 is 14.3 Å². The first-order valence-corrected chi connectivity index (χ1v) is 10.6. The quantitative estimate of drug-likeness (QED) is 0.578. The summed E-state index contributed by atoms with van der Waals surface area (Å²) in [6.45, 7) is 1.76. The molecule has 1 aromatic rings. The molecule has 0 atom stereocenters. The van der Waals surface area contributed by atoms with Gasteiger partial charge in [0.15, 0.2) is 5.11 Å². The second kappa shape index (κ2) is 10.0. The number of anilines is 1. The summed E-state index contributed by atoms with van der Waals surface area (Å²) >= 11 is 6.72. The molecule has 6 nitrogen and oxygen atoms in total. The van der Waals surface area contributed by atoms with Crippen molar-refractivity contribution in [2.24, 2.45) is 0 Å². The number of hydrogen-bond acceptors (Lipinski definition) is 5.